The highest BCUT2D eigenvalue weighted by atomic mass is 15.2. The molecule has 82 valence electrons. The monoisotopic (exact) mass is 204 g/mol. The third-order valence-electron chi connectivity index (χ3n) is 3.44. The number of nitrogens with zero attached hydrogens (tertiary/aromatic N) is 1. The predicted molar refractivity (Wildman–Crippen MR) is 66.2 cm³/mol. The minimum Gasteiger partial charge on any atom is -0.399 e. The van der Waals surface area contributed by atoms with Crippen molar-refractivity contribution in [3.63, 3.8) is 0 Å². The zero-order chi connectivity index (χ0) is 10.8. The second-order valence-electron chi connectivity index (χ2n) is 4.55. The number of hydrogen-bond donors (Lipinski definition) is 1. The summed E-state index contributed by atoms with van der Waals surface area (Å²) < 4.78 is 0. The molecule has 1 heterocycles. The fourth-order valence-electron chi connectivity index (χ4n) is 2.35. The number of anilines is 2. The van der Waals surface area contributed by atoms with E-state index in [1.165, 1.54) is 37.2 Å². The summed E-state index contributed by atoms with van der Waals surface area (Å²) in [7, 11) is 0. The largest absolute Gasteiger partial charge is 0.399 e. The molecule has 1 aliphatic rings. The first-order chi connectivity index (χ1) is 7.20. The van der Waals surface area contributed by atoms with Crippen molar-refractivity contribution in [1.82, 2.24) is 0 Å². The topological polar surface area (TPSA) is 29.3 Å². The highest BCUT2D eigenvalue weighted by molar-refractivity contribution is 5.61. The van der Waals surface area contributed by atoms with Gasteiger partial charge in [-0.3, -0.25) is 0 Å². The normalized spacial score (nSPS) is 20.9. The highest BCUT2D eigenvalue weighted by Crippen LogP contribution is 2.29. The van der Waals surface area contributed by atoms with Gasteiger partial charge in [0.1, 0.15) is 0 Å². The molecular formula is C13H20N2. The average molecular weight is 204 g/mol. The third kappa shape index (κ3) is 2.09. The van der Waals surface area contributed by atoms with Gasteiger partial charge < -0.3 is 10.6 Å². The number of nitrogens with two attached hydrogens (primary N) is 1. The Labute approximate surface area is 92.1 Å². The quantitative estimate of drug-likeness (QED) is 0.751. The summed E-state index contributed by atoms with van der Waals surface area (Å²) in [5, 5.41) is 0. The van der Waals surface area contributed by atoms with Crippen LogP contribution in [0.5, 0.6) is 0 Å². The molecule has 1 aromatic rings. The van der Waals surface area contributed by atoms with Crippen molar-refractivity contribution < 1.29 is 0 Å². The Kier molecular flexibility index (Phi) is 2.85. The Bertz CT molecular complexity index is 346. The van der Waals surface area contributed by atoms with E-state index >= 15 is 0 Å². The lowest BCUT2D eigenvalue weighted by atomic mass is 10.1. The van der Waals surface area contributed by atoms with Crippen LogP contribution in [0.15, 0.2) is 18.2 Å². The molecule has 0 spiro atoms. The number of nitrogen functional groups attached to an aromatic ring is 1. The molecule has 0 aliphatic carbocycles. The fourth-order valence-corrected chi connectivity index (χ4v) is 2.35. The number of hydrogen-bond acceptors (Lipinski definition) is 2. The van der Waals surface area contributed by atoms with Gasteiger partial charge in [0.2, 0.25) is 0 Å². The fraction of sp³-hybridized carbons (Fsp3) is 0.538. The van der Waals surface area contributed by atoms with E-state index in [0.717, 1.165) is 11.6 Å². The van der Waals surface area contributed by atoms with Crippen LogP contribution in [0.25, 0.3) is 0 Å². The zero-order valence-electron chi connectivity index (χ0n) is 9.66. The van der Waals surface area contributed by atoms with E-state index in [1.807, 2.05) is 6.07 Å². The number of rotatable bonds is 2. The summed E-state index contributed by atoms with van der Waals surface area (Å²) in [6.07, 6.45) is 2.61. The molecular weight excluding hydrogens is 184 g/mol. The van der Waals surface area contributed by atoms with E-state index in [2.05, 4.69) is 30.9 Å². The second kappa shape index (κ2) is 4.13. The van der Waals surface area contributed by atoms with Gasteiger partial charge in [-0.05, 0) is 37.0 Å². The summed E-state index contributed by atoms with van der Waals surface area (Å²) in [4.78, 5) is 2.47. The van der Waals surface area contributed by atoms with Gasteiger partial charge >= 0.3 is 0 Å². The molecule has 0 saturated carbocycles. The minimum absolute atomic E-state index is 0.867. The van der Waals surface area contributed by atoms with Gasteiger partial charge in [0.25, 0.3) is 0 Å². The van der Waals surface area contributed by atoms with Gasteiger partial charge in [-0.2, -0.15) is 0 Å². The molecule has 0 bridgehead atoms. The van der Waals surface area contributed by atoms with Crippen LogP contribution in [0.3, 0.4) is 0 Å². The van der Waals surface area contributed by atoms with E-state index in [1.54, 1.807) is 0 Å². The molecule has 0 radical (unpaired) electrons. The van der Waals surface area contributed by atoms with E-state index in [9.17, 15) is 0 Å². The van der Waals surface area contributed by atoms with Crippen molar-refractivity contribution in [3.8, 4) is 0 Å². The maximum Gasteiger partial charge on any atom is 0.0416 e. The lowest BCUT2D eigenvalue weighted by Crippen LogP contribution is -2.20. The molecule has 1 fully saturated rings. The number of benzene rings is 1. The van der Waals surface area contributed by atoms with Crippen LogP contribution >= 0.6 is 0 Å². The van der Waals surface area contributed by atoms with Gasteiger partial charge in [-0.25, -0.2) is 0 Å². The first kappa shape index (κ1) is 10.3. The van der Waals surface area contributed by atoms with E-state index in [0.29, 0.717) is 0 Å². The van der Waals surface area contributed by atoms with Crippen LogP contribution in [-0.4, -0.2) is 13.1 Å². The molecule has 2 nitrogen and oxygen atoms in total. The Morgan fingerprint density at radius 2 is 2.27 bits per heavy atom. The lowest BCUT2D eigenvalue weighted by Gasteiger charge is -2.21. The maximum absolute atomic E-state index is 5.84. The van der Waals surface area contributed by atoms with Crippen LogP contribution in [0.2, 0.25) is 0 Å². The zero-order valence-corrected chi connectivity index (χ0v) is 9.66. The molecule has 1 aromatic carbocycles. The predicted octanol–water partition coefficient (Wildman–Crippen LogP) is 2.81. The maximum atomic E-state index is 5.84. The molecule has 2 N–H and O–H groups in total. The first-order valence-electron chi connectivity index (χ1n) is 5.81. The summed E-state index contributed by atoms with van der Waals surface area (Å²) in [6.45, 7) is 6.82. The summed E-state index contributed by atoms with van der Waals surface area (Å²) in [5.74, 6) is 0.867. The molecule has 2 heteroatoms. The molecule has 0 aromatic heterocycles. The van der Waals surface area contributed by atoms with Crippen molar-refractivity contribution in [2.24, 2.45) is 5.92 Å². The van der Waals surface area contributed by atoms with Gasteiger partial charge in [0.05, 0.1) is 0 Å². The lowest BCUT2D eigenvalue weighted by molar-refractivity contribution is 0.569. The van der Waals surface area contributed by atoms with Crippen LogP contribution in [-0.2, 0) is 0 Å². The van der Waals surface area contributed by atoms with E-state index in [-0.39, 0.29) is 0 Å². The van der Waals surface area contributed by atoms with Gasteiger partial charge in [-0.1, -0.05) is 19.4 Å². The van der Waals surface area contributed by atoms with Crippen molar-refractivity contribution in [1.29, 1.82) is 0 Å². The average Bonchev–Trinajstić information content (AvgIpc) is 2.70. The van der Waals surface area contributed by atoms with Crippen molar-refractivity contribution >= 4 is 11.4 Å². The van der Waals surface area contributed by atoms with Gasteiger partial charge in [0.15, 0.2) is 0 Å². The third-order valence-corrected chi connectivity index (χ3v) is 3.44. The van der Waals surface area contributed by atoms with Gasteiger partial charge in [-0.15, -0.1) is 0 Å². The molecule has 2 rings (SSSR count). The first-order valence-corrected chi connectivity index (χ1v) is 5.81. The SMILES string of the molecule is CCC1CCN(c2cc(N)ccc2C)C1. The molecule has 15 heavy (non-hydrogen) atoms. The molecule has 0 amide bonds. The molecule has 1 unspecified atom stereocenters. The Morgan fingerprint density at radius 3 is 2.93 bits per heavy atom. The Morgan fingerprint density at radius 1 is 1.47 bits per heavy atom. The molecule has 1 atom stereocenters. The van der Waals surface area contributed by atoms with Crippen LogP contribution in [0, 0.1) is 12.8 Å². The van der Waals surface area contributed by atoms with E-state index in [4.69, 9.17) is 5.73 Å². The number of aryl methyl sites for hydroxylation is 1. The smallest absolute Gasteiger partial charge is 0.0416 e. The van der Waals surface area contributed by atoms with Crippen molar-refractivity contribution in [2.75, 3.05) is 23.7 Å². The second-order valence-corrected chi connectivity index (χ2v) is 4.55. The van der Waals surface area contributed by atoms with Crippen molar-refractivity contribution in [2.45, 2.75) is 26.7 Å². The molecule has 1 saturated heterocycles. The highest BCUT2D eigenvalue weighted by Gasteiger charge is 2.22. The standard InChI is InChI=1S/C13H20N2/c1-3-11-6-7-15(9-11)13-8-12(14)5-4-10(13)2/h4-5,8,11H,3,6-7,9,14H2,1-2H3. The van der Waals surface area contributed by atoms with Crippen molar-refractivity contribution in [3.05, 3.63) is 23.8 Å². The van der Waals surface area contributed by atoms with E-state index < -0.39 is 0 Å². The minimum atomic E-state index is 0.867. The summed E-state index contributed by atoms with van der Waals surface area (Å²) in [5.41, 5.74) is 9.37. The van der Waals surface area contributed by atoms with Gasteiger partial charge in [0, 0.05) is 24.5 Å². The Balaban J connectivity index is 2.19. The molecule has 1 aliphatic heterocycles. The van der Waals surface area contributed by atoms with Crippen LogP contribution < -0.4 is 10.6 Å². The summed E-state index contributed by atoms with van der Waals surface area (Å²) in [6, 6.07) is 6.20. The van der Waals surface area contributed by atoms with Crippen LogP contribution in [0.1, 0.15) is 25.3 Å². The van der Waals surface area contributed by atoms with Crippen LogP contribution in [0.4, 0.5) is 11.4 Å². The Hall–Kier alpha value is -1.18. The summed E-state index contributed by atoms with van der Waals surface area (Å²) >= 11 is 0.